The molecule has 0 spiro atoms. The zero-order chi connectivity index (χ0) is 10.1. The molecular weight excluding hydrogens is 200 g/mol. The summed E-state index contributed by atoms with van der Waals surface area (Å²) in [5.74, 6) is -0.513. The standard InChI is InChI=1S/C8H8N4OS/c1-14-6-3-12-4-10-2-5(7(9)13)8(12)11-6/h2-4H,1H3,(H2,9,13). The predicted octanol–water partition coefficient (Wildman–Crippen LogP) is 0.550. The van der Waals surface area contributed by atoms with Crippen molar-refractivity contribution in [2.75, 3.05) is 6.26 Å². The highest BCUT2D eigenvalue weighted by Crippen LogP contribution is 2.16. The van der Waals surface area contributed by atoms with Crippen LogP contribution < -0.4 is 5.73 Å². The molecule has 0 aliphatic carbocycles. The average Bonchev–Trinajstić information content (AvgIpc) is 2.59. The van der Waals surface area contributed by atoms with Gasteiger partial charge in [0.15, 0.2) is 5.65 Å². The number of carbonyl (C=O) groups is 1. The minimum Gasteiger partial charge on any atom is -0.365 e. The number of nitrogens with two attached hydrogens (primary N) is 1. The molecule has 1 amide bonds. The minimum atomic E-state index is -0.513. The van der Waals surface area contributed by atoms with Crippen molar-refractivity contribution in [1.82, 2.24) is 14.4 Å². The second-order valence-electron chi connectivity index (χ2n) is 2.69. The van der Waals surface area contributed by atoms with Gasteiger partial charge in [-0.2, -0.15) is 0 Å². The lowest BCUT2D eigenvalue weighted by Gasteiger charge is -1.96. The van der Waals surface area contributed by atoms with E-state index in [4.69, 9.17) is 5.73 Å². The number of rotatable bonds is 2. The normalized spacial score (nSPS) is 10.6. The largest absolute Gasteiger partial charge is 0.365 e. The van der Waals surface area contributed by atoms with Gasteiger partial charge in [0.05, 0.1) is 0 Å². The number of nitrogens with zero attached hydrogens (tertiary/aromatic N) is 3. The average molecular weight is 208 g/mol. The van der Waals surface area contributed by atoms with E-state index in [0.29, 0.717) is 11.2 Å². The third kappa shape index (κ3) is 1.33. The highest BCUT2D eigenvalue weighted by Gasteiger charge is 2.10. The molecule has 5 nitrogen and oxygen atoms in total. The number of imidazole rings is 1. The molecule has 2 rings (SSSR count). The Kier molecular flexibility index (Phi) is 2.12. The van der Waals surface area contributed by atoms with Gasteiger partial charge in [-0.15, -0.1) is 11.8 Å². The number of fused-ring (bicyclic) bond motifs is 1. The fourth-order valence-electron chi connectivity index (χ4n) is 1.17. The maximum absolute atomic E-state index is 11.0. The minimum absolute atomic E-state index is 0.341. The monoisotopic (exact) mass is 208 g/mol. The van der Waals surface area contributed by atoms with Crippen LogP contribution in [0.1, 0.15) is 10.4 Å². The van der Waals surface area contributed by atoms with Crippen LogP contribution in [0.5, 0.6) is 0 Å². The Morgan fingerprint density at radius 3 is 3.07 bits per heavy atom. The van der Waals surface area contributed by atoms with Crippen molar-refractivity contribution in [3.05, 3.63) is 24.3 Å². The summed E-state index contributed by atoms with van der Waals surface area (Å²) >= 11 is 1.50. The number of carbonyl (C=O) groups excluding carboxylic acids is 1. The van der Waals surface area contributed by atoms with E-state index in [-0.39, 0.29) is 0 Å². The van der Waals surface area contributed by atoms with Crippen LogP contribution in [0.25, 0.3) is 5.65 Å². The van der Waals surface area contributed by atoms with Crippen molar-refractivity contribution in [1.29, 1.82) is 0 Å². The Bertz CT molecular complexity index is 493. The molecule has 0 aliphatic heterocycles. The van der Waals surface area contributed by atoms with E-state index in [0.717, 1.165) is 5.03 Å². The number of thioether (sulfide) groups is 1. The van der Waals surface area contributed by atoms with Gasteiger partial charge in [0.1, 0.15) is 16.9 Å². The second kappa shape index (κ2) is 3.30. The van der Waals surface area contributed by atoms with Crippen LogP contribution in [0, 0.1) is 0 Å². The number of amides is 1. The Labute approximate surface area is 84.3 Å². The summed E-state index contributed by atoms with van der Waals surface area (Å²) in [5, 5.41) is 0.834. The summed E-state index contributed by atoms with van der Waals surface area (Å²) < 4.78 is 1.69. The first-order valence-corrected chi connectivity index (χ1v) is 5.11. The van der Waals surface area contributed by atoms with Crippen molar-refractivity contribution in [2.45, 2.75) is 5.03 Å². The molecule has 14 heavy (non-hydrogen) atoms. The molecule has 0 atom stereocenters. The first kappa shape index (κ1) is 9.01. The summed E-state index contributed by atoms with van der Waals surface area (Å²) in [6.45, 7) is 0. The molecule has 0 bridgehead atoms. The summed E-state index contributed by atoms with van der Waals surface area (Å²) in [6.07, 6.45) is 6.74. The molecule has 0 radical (unpaired) electrons. The van der Waals surface area contributed by atoms with E-state index in [9.17, 15) is 4.79 Å². The van der Waals surface area contributed by atoms with E-state index in [1.165, 1.54) is 18.0 Å². The third-order valence-corrected chi connectivity index (χ3v) is 2.44. The number of primary amides is 1. The van der Waals surface area contributed by atoms with Gasteiger partial charge in [-0.1, -0.05) is 0 Å². The second-order valence-corrected chi connectivity index (χ2v) is 3.51. The van der Waals surface area contributed by atoms with Gasteiger partial charge in [-0.25, -0.2) is 9.97 Å². The van der Waals surface area contributed by atoms with E-state index < -0.39 is 5.91 Å². The van der Waals surface area contributed by atoms with Crippen LogP contribution in [0.15, 0.2) is 23.7 Å². The lowest BCUT2D eigenvalue weighted by Crippen LogP contribution is -2.13. The zero-order valence-electron chi connectivity index (χ0n) is 7.47. The van der Waals surface area contributed by atoms with E-state index in [1.807, 2.05) is 6.26 Å². The molecule has 0 saturated carbocycles. The Morgan fingerprint density at radius 2 is 2.43 bits per heavy atom. The van der Waals surface area contributed by atoms with Gasteiger partial charge in [0.2, 0.25) is 0 Å². The van der Waals surface area contributed by atoms with Crippen LogP contribution in [-0.4, -0.2) is 26.5 Å². The molecule has 72 valence electrons. The van der Waals surface area contributed by atoms with Gasteiger partial charge in [-0.05, 0) is 6.26 Å². The van der Waals surface area contributed by atoms with Gasteiger partial charge < -0.3 is 5.73 Å². The molecule has 2 heterocycles. The van der Waals surface area contributed by atoms with Gasteiger partial charge in [0, 0.05) is 12.4 Å². The molecule has 6 heteroatoms. The van der Waals surface area contributed by atoms with E-state index in [2.05, 4.69) is 9.97 Å². The van der Waals surface area contributed by atoms with Crippen molar-refractivity contribution in [3.63, 3.8) is 0 Å². The first-order chi connectivity index (χ1) is 6.72. The molecule has 0 aliphatic rings. The van der Waals surface area contributed by atoms with Crippen LogP contribution in [0.4, 0.5) is 0 Å². The molecule has 2 N–H and O–H groups in total. The topological polar surface area (TPSA) is 73.3 Å². The van der Waals surface area contributed by atoms with Crippen LogP contribution in [0.2, 0.25) is 0 Å². The molecule has 2 aromatic rings. The maximum atomic E-state index is 11.0. The summed E-state index contributed by atoms with van der Waals surface area (Å²) in [5.41, 5.74) is 6.08. The molecule has 0 unspecified atom stereocenters. The molecule has 0 aromatic carbocycles. The predicted molar refractivity (Wildman–Crippen MR) is 53.3 cm³/mol. The Morgan fingerprint density at radius 1 is 1.64 bits per heavy atom. The lowest BCUT2D eigenvalue weighted by molar-refractivity contribution is 0.100. The fraction of sp³-hybridized carbons (Fsp3) is 0.125. The third-order valence-electron chi connectivity index (χ3n) is 1.82. The number of aromatic nitrogens is 3. The van der Waals surface area contributed by atoms with Crippen molar-refractivity contribution < 1.29 is 4.79 Å². The maximum Gasteiger partial charge on any atom is 0.254 e. The molecular formula is C8H8N4OS. The fourth-order valence-corrected chi connectivity index (χ4v) is 1.56. The van der Waals surface area contributed by atoms with Gasteiger partial charge >= 0.3 is 0 Å². The van der Waals surface area contributed by atoms with E-state index >= 15 is 0 Å². The smallest absolute Gasteiger partial charge is 0.254 e. The Balaban J connectivity index is 2.73. The SMILES string of the molecule is CSc1cn2cncc(C(N)=O)c2n1. The first-order valence-electron chi connectivity index (χ1n) is 3.89. The van der Waals surface area contributed by atoms with Gasteiger partial charge in [-0.3, -0.25) is 9.20 Å². The summed E-state index contributed by atoms with van der Waals surface area (Å²) in [6, 6.07) is 0. The van der Waals surface area contributed by atoms with Gasteiger partial charge in [0.25, 0.3) is 5.91 Å². The highest BCUT2D eigenvalue weighted by atomic mass is 32.2. The van der Waals surface area contributed by atoms with E-state index in [1.54, 1.807) is 16.9 Å². The molecule has 0 saturated heterocycles. The summed E-state index contributed by atoms with van der Waals surface area (Å²) in [7, 11) is 0. The number of hydrogen-bond donors (Lipinski definition) is 1. The van der Waals surface area contributed by atoms with Crippen LogP contribution >= 0.6 is 11.8 Å². The number of hydrogen-bond acceptors (Lipinski definition) is 4. The quantitative estimate of drug-likeness (QED) is 0.731. The molecule has 0 fully saturated rings. The van der Waals surface area contributed by atoms with Crippen LogP contribution in [-0.2, 0) is 0 Å². The van der Waals surface area contributed by atoms with Crippen molar-refractivity contribution >= 4 is 23.3 Å². The summed E-state index contributed by atoms with van der Waals surface area (Å²) in [4.78, 5) is 19.2. The van der Waals surface area contributed by atoms with Crippen molar-refractivity contribution in [3.8, 4) is 0 Å². The zero-order valence-corrected chi connectivity index (χ0v) is 8.28. The van der Waals surface area contributed by atoms with Crippen molar-refractivity contribution in [2.24, 2.45) is 5.73 Å². The lowest BCUT2D eigenvalue weighted by atomic mass is 10.3. The van der Waals surface area contributed by atoms with Crippen LogP contribution in [0.3, 0.4) is 0 Å². The molecule has 2 aromatic heterocycles. The Hall–Kier alpha value is -1.56. The highest BCUT2D eigenvalue weighted by molar-refractivity contribution is 7.98.